The maximum Gasteiger partial charge on any atom is 0.246 e. The minimum Gasteiger partial charge on any atom is -0.274 e. The van der Waals surface area contributed by atoms with E-state index in [-0.39, 0.29) is 0 Å². The quantitative estimate of drug-likeness (QED) is 0.778. The highest BCUT2D eigenvalue weighted by atomic mass is 32.2. The van der Waals surface area contributed by atoms with Gasteiger partial charge in [0.15, 0.2) is 0 Å². The van der Waals surface area contributed by atoms with Crippen molar-refractivity contribution in [2.24, 2.45) is 7.05 Å². The summed E-state index contributed by atoms with van der Waals surface area (Å²) in [5.41, 5.74) is 0. The number of hydrogen-bond acceptors (Lipinski definition) is 3. The lowest BCUT2D eigenvalue weighted by molar-refractivity contribution is 0.423. The number of hydrogen-bond donors (Lipinski definition) is 0. The molecule has 0 atom stereocenters. The number of aromatic nitrogens is 2. The van der Waals surface area contributed by atoms with Crippen molar-refractivity contribution in [3.05, 3.63) is 12.4 Å². The van der Waals surface area contributed by atoms with Gasteiger partial charge in [-0.1, -0.05) is 12.8 Å². The molecule has 0 aromatic carbocycles. The second kappa shape index (κ2) is 4.55. The molecule has 0 amide bonds. The Kier molecular flexibility index (Phi) is 3.30. The molecule has 16 heavy (non-hydrogen) atoms. The van der Waals surface area contributed by atoms with Crippen LogP contribution in [0.2, 0.25) is 0 Å². The first-order valence-corrected chi connectivity index (χ1v) is 7.03. The third-order valence-electron chi connectivity index (χ3n) is 2.88. The first kappa shape index (κ1) is 11.6. The first-order valence-electron chi connectivity index (χ1n) is 5.59. The molecular formula is C10H17N3O2S. The van der Waals surface area contributed by atoms with E-state index in [1.165, 1.54) is 10.9 Å². The van der Waals surface area contributed by atoms with E-state index < -0.39 is 10.0 Å². The molecule has 0 N–H and O–H groups in total. The lowest BCUT2D eigenvalue weighted by atomic mass is 10.2. The number of rotatable bonds is 2. The third-order valence-corrected chi connectivity index (χ3v) is 4.74. The Hall–Kier alpha value is -0.880. The van der Waals surface area contributed by atoms with Crippen LogP contribution < -0.4 is 0 Å². The van der Waals surface area contributed by atoms with Crippen molar-refractivity contribution in [1.29, 1.82) is 0 Å². The molecule has 1 aliphatic heterocycles. The van der Waals surface area contributed by atoms with E-state index in [0.717, 1.165) is 25.7 Å². The van der Waals surface area contributed by atoms with E-state index in [4.69, 9.17) is 0 Å². The highest BCUT2D eigenvalue weighted by Crippen LogP contribution is 2.19. The van der Waals surface area contributed by atoms with E-state index in [0.29, 0.717) is 18.0 Å². The van der Waals surface area contributed by atoms with Crippen molar-refractivity contribution in [2.75, 3.05) is 13.1 Å². The summed E-state index contributed by atoms with van der Waals surface area (Å²) in [6.45, 7) is 1.27. The van der Waals surface area contributed by atoms with Crippen molar-refractivity contribution in [3.63, 3.8) is 0 Å². The van der Waals surface area contributed by atoms with Gasteiger partial charge in [-0.25, -0.2) is 8.42 Å². The molecule has 90 valence electrons. The summed E-state index contributed by atoms with van der Waals surface area (Å²) >= 11 is 0. The van der Waals surface area contributed by atoms with E-state index in [2.05, 4.69) is 5.10 Å². The van der Waals surface area contributed by atoms with Crippen LogP contribution in [0, 0.1) is 0 Å². The number of nitrogens with zero attached hydrogens (tertiary/aromatic N) is 3. The summed E-state index contributed by atoms with van der Waals surface area (Å²) in [6.07, 6.45) is 7.14. The molecule has 1 fully saturated rings. The van der Waals surface area contributed by atoms with Crippen molar-refractivity contribution < 1.29 is 8.42 Å². The largest absolute Gasteiger partial charge is 0.274 e. The lowest BCUT2D eigenvalue weighted by Gasteiger charge is -2.18. The Balaban J connectivity index is 2.23. The molecule has 2 heterocycles. The Morgan fingerprint density at radius 2 is 1.81 bits per heavy atom. The molecule has 0 bridgehead atoms. The monoisotopic (exact) mass is 243 g/mol. The Bertz CT molecular complexity index is 444. The fourth-order valence-electron chi connectivity index (χ4n) is 1.96. The highest BCUT2D eigenvalue weighted by molar-refractivity contribution is 7.89. The topological polar surface area (TPSA) is 55.2 Å². The first-order chi connectivity index (χ1) is 7.60. The van der Waals surface area contributed by atoms with Crippen LogP contribution in [0.4, 0.5) is 0 Å². The van der Waals surface area contributed by atoms with Gasteiger partial charge in [-0.05, 0) is 12.8 Å². The van der Waals surface area contributed by atoms with Gasteiger partial charge in [-0.2, -0.15) is 9.40 Å². The molecule has 1 aliphatic rings. The van der Waals surface area contributed by atoms with Gasteiger partial charge in [0.2, 0.25) is 10.0 Å². The molecule has 1 aromatic heterocycles. The van der Waals surface area contributed by atoms with E-state index >= 15 is 0 Å². The van der Waals surface area contributed by atoms with E-state index in [9.17, 15) is 8.42 Å². The van der Waals surface area contributed by atoms with E-state index in [1.54, 1.807) is 17.5 Å². The van der Waals surface area contributed by atoms with Gasteiger partial charge in [-0.3, -0.25) is 4.68 Å². The van der Waals surface area contributed by atoms with Crippen LogP contribution in [0.15, 0.2) is 17.3 Å². The third kappa shape index (κ3) is 2.27. The Morgan fingerprint density at radius 3 is 2.31 bits per heavy atom. The SMILES string of the molecule is Cn1cc(S(=O)(=O)N2CCCCCC2)cn1. The average Bonchev–Trinajstić information content (AvgIpc) is 2.54. The van der Waals surface area contributed by atoms with Gasteiger partial charge in [0.1, 0.15) is 4.90 Å². The van der Waals surface area contributed by atoms with Crippen molar-refractivity contribution in [2.45, 2.75) is 30.6 Å². The molecule has 1 aromatic rings. The van der Waals surface area contributed by atoms with Crippen molar-refractivity contribution in [3.8, 4) is 0 Å². The Morgan fingerprint density at radius 1 is 1.19 bits per heavy atom. The van der Waals surface area contributed by atoms with Crippen LogP contribution in [-0.2, 0) is 17.1 Å². The maximum atomic E-state index is 12.2. The standard InChI is InChI=1S/C10H17N3O2S/c1-12-9-10(8-11-12)16(14,15)13-6-4-2-3-5-7-13/h8-9H,2-7H2,1H3. The van der Waals surface area contributed by atoms with Gasteiger partial charge in [0, 0.05) is 26.3 Å². The van der Waals surface area contributed by atoms with Gasteiger partial charge in [-0.15, -0.1) is 0 Å². The van der Waals surface area contributed by atoms with E-state index in [1.807, 2.05) is 0 Å². The van der Waals surface area contributed by atoms with Crippen molar-refractivity contribution >= 4 is 10.0 Å². The summed E-state index contributed by atoms with van der Waals surface area (Å²) in [7, 11) is -1.59. The summed E-state index contributed by atoms with van der Waals surface area (Å²) in [5.74, 6) is 0. The molecule has 0 saturated carbocycles. The summed E-state index contributed by atoms with van der Waals surface area (Å²) in [6, 6.07) is 0. The van der Waals surface area contributed by atoms with Crippen LogP contribution in [0.25, 0.3) is 0 Å². The van der Waals surface area contributed by atoms with Gasteiger partial charge >= 0.3 is 0 Å². The Labute approximate surface area is 96.1 Å². The lowest BCUT2D eigenvalue weighted by Crippen LogP contribution is -2.31. The zero-order valence-electron chi connectivity index (χ0n) is 9.46. The van der Waals surface area contributed by atoms with Crippen LogP contribution in [0.1, 0.15) is 25.7 Å². The molecule has 2 rings (SSSR count). The molecule has 0 aliphatic carbocycles. The van der Waals surface area contributed by atoms with Crippen LogP contribution in [-0.4, -0.2) is 35.6 Å². The molecule has 0 radical (unpaired) electrons. The van der Waals surface area contributed by atoms with Gasteiger partial charge in [0.05, 0.1) is 6.20 Å². The predicted molar refractivity (Wildman–Crippen MR) is 60.4 cm³/mol. The molecule has 1 saturated heterocycles. The molecule has 0 unspecified atom stereocenters. The normalized spacial score (nSPS) is 19.6. The molecule has 0 spiro atoms. The minimum atomic E-state index is -3.31. The number of sulfonamides is 1. The second-order valence-electron chi connectivity index (χ2n) is 4.17. The molecule has 6 heteroatoms. The fraction of sp³-hybridized carbons (Fsp3) is 0.700. The van der Waals surface area contributed by atoms with Gasteiger partial charge in [0.25, 0.3) is 0 Å². The highest BCUT2D eigenvalue weighted by Gasteiger charge is 2.26. The average molecular weight is 243 g/mol. The molecule has 5 nitrogen and oxygen atoms in total. The minimum absolute atomic E-state index is 0.303. The van der Waals surface area contributed by atoms with Crippen LogP contribution >= 0.6 is 0 Å². The van der Waals surface area contributed by atoms with Crippen LogP contribution in [0.3, 0.4) is 0 Å². The fourth-order valence-corrected chi connectivity index (χ4v) is 3.47. The molecular weight excluding hydrogens is 226 g/mol. The summed E-state index contributed by atoms with van der Waals surface area (Å²) in [4.78, 5) is 0.303. The zero-order chi connectivity index (χ0) is 11.6. The predicted octanol–water partition coefficient (Wildman–Crippen LogP) is 0.985. The number of aryl methyl sites for hydroxylation is 1. The van der Waals surface area contributed by atoms with Crippen molar-refractivity contribution in [1.82, 2.24) is 14.1 Å². The summed E-state index contributed by atoms with van der Waals surface area (Å²) < 4.78 is 27.6. The van der Waals surface area contributed by atoms with Crippen LogP contribution in [0.5, 0.6) is 0 Å². The van der Waals surface area contributed by atoms with Gasteiger partial charge < -0.3 is 0 Å². The summed E-state index contributed by atoms with van der Waals surface area (Å²) in [5, 5.41) is 3.91. The smallest absolute Gasteiger partial charge is 0.246 e. The maximum absolute atomic E-state index is 12.2. The second-order valence-corrected chi connectivity index (χ2v) is 6.11. The zero-order valence-corrected chi connectivity index (χ0v) is 10.3.